The number of anilines is 1. The van der Waals surface area contributed by atoms with E-state index in [2.05, 4.69) is 4.98 Å². The number of hydrogen-bond acceptors (Lipinski definition) is 4. The largest absolute Gasteiger partial charge is 0.588 e. The summed E-state index contributed by atoms with van der Waals surface area (Å²) in [5.74, 6) is 0. The van der Waals surface area contributed by atoms with Gasteiger partial charge in [0.1, 0.15) is 17.1 Å². The third kappa shape index (κ3) is 3.79. The molecule has 0 radical (unpaired) electrons. The van der Waals surface area contributed by atoms with Crippen LogP contribution < -0.4 is 4.31 Å². The molecule has 1 aliphatic heterocycles. The van der Waals surface area contributed by atoms with Crippen LogP contribution in [0, 0.1) is 11.3 Å². The van der Waals surface area contributed by atoms with Gasteiger partial charge in [0, 0.05) is 11.8 Å². The minimum atomic E-state index is -4.47. The SMILES string of the molecule is N#Cc1ccc([S+]([O-])N2CCc3cc(-c4ccc(C(F)(F)F)nc4)ccc32)cc1. The third-order valence-corrected chi connectivity index (χ3v) is 6.16. The van der Waals surface area contributed by atoms with Crippen molar-refractivity contribution >= 4 is 17.0 Å². The van der Waals surface area contributed by atoms with E-state index in [9.17, 15) is 17.7 Å². The van der Waals surface area contributed by atoms with Gasteiger partial charge < -0.3 is 4.55 Å². The Kier molecular flexibility index (Phi) is 4.94. The van der Waals surface area contributed by atoms with Gasteiger partial charge in [0.25, 0.3) is 0 Å². The van der Waals surface area contributed by atoms with Crippen LogP contribution in [0.25, 0.3) is 11.1 Å². The Morgan fingerprint density at radius 1 is 1.03 bits per heavy atom. The second-order valence-corrected chi connectivity index (χ2v) is 7.92. The smallest absolute Gasteiger partial charge is 0.433 e. The predicted molar refractivity (Wildman–Crippen MR) is 103 cm³/mol. The Morgan fingerprint density at radius 3 is 2.38 bits per heavy atom. The van der Waals surface area contributed by atoms with Crippen LogP contribution in [0.1, 0.15) is 16.8 Å². The van der Waals surface area contributed by atoms with Crippen LogP contribution in [0.3, 0.4) is 0 Å². The topological polar surface area (TPSA) is 63.0 Å². The van der Waals surface area contributed by atoms with Gasteiger partial charge in [-0.3, -0.25) is 4.98 Å². The Balaban J connectivity index is 1.58. The van der Waals surface area contributed by atoms with E-state index in [0.29, 0.717) is 29.0 Å². The highest BCUT2D eigenvalue weighted by Crippen LogP contribution is 2.36. The normalized spacial score (nSPS) is 14.4. The van der Waals surface area contributed by atoms with Gasteiger partial charge in [0.2, 0.25) is 0 Å². The number of nitrogens with zero attached hydrogens (tertiary/aromatic N) is 3. The zero-order valence-electron chi connectivity index (χ0n) is 15.0. The molecule has 2 aromatic carbocycles. The molecule has 0 spiro atoms. The molecule has 8 heteroatoms. The summed E-state index contributed by atoms with van der Waals surface area (Å²) >= 11 is -1.41. The molecule has 2 heterocycles. The lowest BCUT2D eigenvalue weighted by Crippen LogP contribution is -2.29. The number of aromatic nitrogens is 1. The van der Waals surface area contributed by atoms with Crippen molar-refractivity contribution in [2.75, 3.05) is 10.8 Å². The molecular weight excluding hydrogens is 399 g/mol. The van der Waals surface area contributed by atoms with Crippen molar-refractivity contribution in [2.45, 2.75) is 17.5 Å². The number of hydrogen-bond donors (Lipinski definition) is 0. The number of pyridine rings is 1. The van der Waals surface area contributed by atoms with E-state index in [1.807, 2.05) is 18.2 Å². The number of nitriles is 1. The Bertz CT molecular complexity index is 1080. The fraction of sp³-hybridized carbons (Fsp3) is 0.143. The number of rotatable bonds is 3. The van der Waals surface area contributed by atoms with Crippen LogP contribution in [0.15, 0.2) is 65.7 Å². The molecule has 1 aromatic heterocycles. The van der Waals surface area contributed by atoms with Gasteiger partial charge in [-0.05, 0) is 60.0 Å². The van der Waals surface area contributed by atoms with Crippen molar-refractivity contribution in [3.8, 4) is 17.2 Å². The van der Waals surface area contributed by atoms with Crippen molar-refractivity contribution in [1.29, 1.82) is 5.26 Å². The quantitative estimate of drug-likeness (QED) is 0.583. The van der Waals surface area contributed by atoms with Crippen LogP contribution in [0.5, 0.6) is 0 Å². The summed E-state index contributed by atoms with van der Waals surface area (Å²) in [7, 11) is 0. The molecule has 0 fully saturated rings. The summed E-state index contributed by atoms with van der Waals surface area (Å²) in [6.07, 6.45) is -2.57. The molecule has 0 N–H and O–H groups in total. The van der Waals surface area contributed by atoms with Gasteiger partial charge in [-0.15, -0.1) is 0 Å². The van der Waals surface area contributed by atoms with Gasteiger partial charge in [-0.2, -0.15) is 22.7 Å². The minimum Gasteiger partial charge on any atom is -0.588 e. The lowest BCUT2D eigenvalue weighted by Gasteiger charge is -2.21. The predicted octanol–water partition coefficient (Wildman–Crippen LogP) is 4.72. The first-order valence-corrected chi connectivity index (χ1v) is 9.83. The maximum Gasteiger partial charge on any atom is 0.433 e. The van der Waals surface area contributed by atoms with Crippen molar-refractivity contribution in [1.82, 2.24) is 4.98 Å². The van der Waals surface area contributed by atoms with Gasteiger partial charge in [0.05, 0.1) is 23.9 Å². The molecule has 29 heavy (non-hydrogen) atoms. The molecule has 1 atom stereocenters. The van der Waals surface area contributed by atoms with Crippen LogP contribution in [0.2, 0.25) is 0 Å². The van der Waals surface area contributed by atoms with E-state index in [-0.39, 0.29) is 0 Å². The van der Waals surface area contributed by atoms with Crippen molar-refractivity contribution < 1.29 is 17.7 Å². The lowest BCUT2D eigenvalue weighted by atomic mass is 10.0. The Morgan fingerprint density at radius 2 is 1.76 bits per heavy atom. The summed E-state index contributed by atoms with van der Waals surface area (Å²) < 4.78 is 52.8. The van der Waals surface area contributed by atoms with E-state index in [1.54, 1.807) is 34.6 Å². The van der Waals surface area contributed by atoms with Gasteiger partial charge in [0.15, 0.2) is 4.90 Å². The molecule has 3 aromatic rings. The third-order valence-electron chi connectivity index (χ3n) is 4.70. The minimum absolute atomic E-state index is 0.502. The molecule has 0 amide bonds. The van der Waals surface area contributed by atoms with Crippen molar-refractivity contribution in [3.05, 3.63) is 77.6 Å². The van der Waals surface area contributed by atoms with E-state index in [4.69, 9.17) is 5.26 Å². The summed E-state index contributed by atoms with van der Waals surface area (Å²) in [6.45, 7) is 0.566. The van der Waals surface area contributed by atoms with Crippen LogP contribution >= 0.6 is 0 Å². The molecule has 146 valence electrons. The number of fused-ring (bicyclic) bond motifs is 1. The standard InChI is InChI=1S/C21H14F3N3OS/c22-21(23,24)20-8-4-17(13-26-20)15-3-7-19-16(11-15)9-10-27(19)29(28)18-5-1-14(12-25)2-6-18/h1-8,11,13H,9-10H2. The average molecular weight is 413 g/mol. The lowest BCUT2D eigenvalue weighted by molar-refractivity contribution is -0.141. The van der Waals surface area contributed by atoms with E-state index in [1.165, 1.54) is 12.3 Å². The first-order chi connectivity index (χ1) is 13.9. The molecule has 0 saturated heterocycles. The zero-order valence-corrected chi connectivity index (χ0v) is 15.8. The molecule has 0 bridgehead atoms. The highest BCUT2D eigenvalue weighted by atomic mass is 32.2. The summed E-state index contributed by atoms with van der Waals surface area (Å²) in [5.41, 5.74) is 2.73. The number of halogens is 3. The van der Waals surface area contributed by atoms with E-state index >= 15 is 0 Å². The van der Waals surface area contributed by atoms with Crippen molar-refractivity contribution in [2.24, 2.45) is 0 Å². The second kappa shape index (κ2) is 7.43. The Labute approximate surface area is 168 Å². The summed E-state index contributed by atoms with van der Waals surface area (Å²) in [4.78, 5) is 4.11. The number of benzene rings is 2. The molecular formula is C21H14F3N3OS. The van der Waals surface area contributed by atoms with Crippen molar-refractivity contribution in [3.63, 3.8) is 0 Å². The summed E-state index contributed by atoms with van der Waals surface area (Å²) in [5, 5.41) is 8.89. The number of alkyl halides is 3. The average Bonchev–Trinajstić information content (AvgIpc) is 3.16. The Hall–Kier alpha value is -3.02. The molecule has 4 nitrogen and oxygen atoms in total. The highest BCUT2D eigenvalue weighted by molar-refractivity contribution is 7.92. The molecule has 1 unspecified atom stereocenters. The van der Waals surface area contributed by atoms with E-state index in [0.717, 1.165) is 22.9 Å². The van der Waals surface area contributed by atoms with Crippen LogP contribution in [0.4, 0.5) is 18.9 Å². The second-order valence-electron chi connectivity index (χ2n) is 6.51. The molecule has 1 aliphatic rings. The summed E-state index contributed by atoms with van der Waals surface area (Å²) in [6, 6.07) is 16.5. The fourth-order valence-electron chi connectivity index (χ4n) is 3.23. The highest BCUT2D eigenvalue weighted by Gasteiger charge is 2.32. The maximum absolute atomic E-state index is 12.9. The monoisotopic (exact) mass is 413 g/mol. The molecule has 4 rings (SSSR count). The van der Waals surface area contributed by atoms with Gasteiger partial charge in [-0.25, -0.2) is 0 Å². The first-order valence-electron chi connectivity index (χ1n) is 8.73. The van der Waals surface area contributed by atoms with Gasteiger partial charge >= 0.3 is 6.18 Å². The fourth-order valence-corrected chi connectivity index (χ4v) is 4.47. The maximum atomic E-state index is 12.9. The molecule has 0 saturated carbocycles. The van der Waals surface area contributed by atoms with E-state index < -0.39 is 23.2 Å². The van der Waals surface area contributed by atoms with Crippen LogP contribution in [-0.2, 0) is 24.0 Å². The van der Waals surface area contributed by atoms with Crippen LogP contribution in [-0.4, -0.2) is 16.1 Å². The molecule has 0 aliphatic carbocycles. The van der Waals surface area contributed by atoms with Gasteiger partial charge in [-0.1, -0.05) is 12.1 Å². The zero-order chi connectivity index (χ0) is 20.6. The first kappa shape index (κ1) is 19.3.